The second-order valence-corrected chi connectivity index (χ2v) is 7.63. The van der Waals surface area contributed by atoms with E-state index < -0.39 is 46.9 Å². The fraction of sp³-hybridized carbons (Fsp3) is 0.286. The van der Waals surface area contributed by atoms with Crippen molar-refractivity contribution in [2.45, 2.75) is 18.9 Å². The molecule has 2 aromatic carbocycles. The zero-order valence-corrected chi connectivity index (χ0v) is 17.5. The number of ether oxygens (including phenoxy) is 1. The van der Waals surface area contributed by atoms with Gasteiger partial charge in [0, 0.05) is 18.2 Å². The summed E-state index contributed by atoms with van der Waals surface area (Å²) in [6, 6.07) is 12.7. The van der Waals surface area contributed by atoms with E-state index in [0.717, 1.165) is 0 Å². The smallest absolute Gasteiger partial charge is 0.292 e. The number of hydrogen-bond donors (Lipinski definition) is 5. The van der Waals surface area contributed by atoms with Gasteiger partial charge in [-0.3, -0.25) is 29.8 Å². The van der Waals surface area contributed by atoms with Crippen LogP contribution in [0.5, 0.6) is 5.75 Å². The summed E-state index contributed by atoms with van der Waals surface area (Å²) in [4.78, 5) is 48.8. The molecule has 2 saturated heterocycles. The fourth-order valence-electron chi connectivity index (χ4n) is 3.97. The fourth-order valence-corrected chi connectivity index (χ4v) is 3.97. The van der Waals surface area contributed by atoms with E-state index in [-0.39, 0.29) is 17.8 Å². The maximum atomic E-state index is 13.0. The number of carbonyl (C=O) groups is 3. The summed E-state index contributed by atoms with van der Waals surface area (Å²) in [5, 5.41) is 25.4. The lowest BCUT2D eigenvalue weighted by Crippen LogP contribution is -2.72. The molecular weight excluding hydrogens is 432 g/mol. The maximum absolute atomic E-state index is 13.0. The van der Waals surface area contributed by atoms with Gasteiger partial charge in [0.15, 0.2) is 6.29 Å². The molecule has 0 saturated carbocycles. The number of hydrogen-bond acceptors (Lipinski definition) is 8. The number of anilines is 2. The molecule has 0 bridgehead atoms. The summed E-state index contributed by atoms with van der Waals surface area (Å²) in [5.74, 6) is -2.74. The number of nitro benzene ring substituents is 1. The molecule has 2 fully saturated rings. The third-order valence-corrected chi connectivity index (χ3v) is 5.55. The molecule has 12 heteroatoms. The van der Waals surface area contributed by atoms with Gasteiger partial charge in [-0.25, -0.2) is 0 Å². The number of nitrogens with one attached hydrogen (secondary N) is 5. The number of fused-ring (bicyclic) bond motifs is 1. The predicted octanol–water partition coefficient (Wildman–Crippen LogP) is 0.735. The Hall–Kier alpha value is -4.19. The Morgan fingerprint density at radius 1 is 1.12 bits per heavy atom. The van der Waals surface area contributed by atoms with E-state index in [1.165, 1.54) is 18.2 Å². The van der Waals surface area contributed by atoms with Crippen LogP contribution in [-0.4, -0.2) is 42.2 Å². The summed E-state index contributed by atoms with van der Waals surface area (Å²) in [7, 11) is 1.56. The van der Waals surface area contributed by atoms with Gasteiger partial charge in [-0.2, -0.15) is 0 Å². The van der Waals surface area contributed by atoms with Crippen molar-refractivity contribution in [3.8, 4) is 5.75 Å². The first-order chi connectivity index (χ1) is 15.9. The molecule has 33 heavy (non-hydrogen) atoms. The molecule has 4 unspecified atom stereocenters. The number of amides is 3. The first-order valence-electron chi connectivity index (χ1n) is 10.2. The van der Waals surface area contributed by atoms with Crippen LogP contribution in [0.15, 0.2) is 48.5 Å². The van der Waals surface area contributed by atoms with E-state index in [1.54, 1.807) is 37.4 Å². The monoisotopic (exact) mass is 454 g/mol. The molecule has 2 aromatic rings. The highest BCUT2D eigenvalue weighted by Gasteiger charge is 2.48. The van der Waals surface area contributed by atoms with E-state index in [1.807, 2.05) is 0 Å². The summed E-state index contributed by atoms with van der Waals surface area (Å²) in [6.07, 6.45) is -1.74. The van der Waals surface area contributed by atoms with Crippen molar-refractivity contribution in [1.82, 2.24) is 16.0 Å². The van der Waals surface area contributed by atoms with Crippen LogP contribution in [0.25, 0.3) is 0 Å². The van der Waals surface area contributed by atoms with E-state index in [9.17, 15) is 24.5 Å². The lowest BCUT2D eigenvalue weighted by Gasteiger charge is -2.43. The molecule has 3 amide bonds. The number of carbonyl (C=O) groups excluding carboxylic acids is 3. The molecule has 0 aliphatic carbocycles. The molecular formula is C21H22N6O6. The van der Waals surface area contributed by atoms with Gasteiger partial charge in [-0.05, 0) is 30.3 Å². The van der Waals surface area contributed by atoms with Gasteiger partial charge in [0.2, 0.25) is 17.7 Å². The minimum Gasteiger partial charge on any atom is -0.497 e. The van der Waals surface area contributed by atoms with E-state index in [2.05, 4.69) is 26.6 Å². The predicted molar refractivity (Wildman–Crippen MR) is 117 cm³/mol. The summed E-state index contributed by atoms with van der Waals surface area (Å²) < 4.78 is 5.12. The maximum Gasteiger partial charge on any atom is 0.292 e. The number of nitrogens with zero attached hydrogens (tertiary/aromatic N) is 1. The zero-order valence-electron chi connectivity index (χ0n) is 17.5. The van der Waals surface area contributed by atoms with Gasteiger partial charge in [-0.15, -0.1) is 0 Å². The second kappa shape index (κ2) is 9.12. The lowest BCUT2D eigenvalue weighted by molar-refractivity contribution is -0.383. The lowest BCUT2D eigenvalue weighted by atomic mass is 9.81. The third kappa shape index (κ3) is 4.70. The summed E-state index contributed by atoms with van der Waals surface area (Å²) in [6.45, 7) is 0. The second-order valence-electron chi connectivity index (χ2n) is 7.63. The highest BCUT2D eigenvalue weighted by molar-refractivity contribution is 6.01. The summed E-state index contributed by atoms with van der Waals surface area (Å²) in [5.41, 5.74) is 0.413. The molecule has 2 heterocycles. The van der Waals surface area contributed by atoms with Gasteiger partial charge in [0.1, 0.15) is 11.4 Å². The summed E-state index contributed by atoms with van der Waals surface area (Å²) >= 11 is 0. The molecule has 172 valence electrons. The van der Waals surface area contributed by atoms with Crippen molar-refractivity contribution in [3.63, 3.8) is 0 Å². The Balaban J connectivity index is 1.48. The van der Waals surface area contributed by atoms with Crippen molar-refractivity contribution in [2.75, 3.05) is 17.7 Å². The Morgan fingerprint density at radius 3 is 2.55 bits per heavy atom. The van der Waals surface area contributed by atoms with Crippen molar-refractivity contribution >= 4 is 34.8 Å². The van der Waals surface area contributed by atoms with Crippen LogP contribution >= 0.6 is 0 Å². The van der Waals surface area contributed by atoms with Gasteiger partial charge >= 0.3 is 0 Å². The minimum absolute atomic E-state index is 0.00161. The van der Waals surface area contributed by atoms with E-state index >= 15 is 0 Å². The molecule has 0 aromatic heterocycles. The van der Waals surface area contributed by atoms with Crippen LogP contribution in [0, 0.1) is 22.0 Å². The Kier molecular flexibility index (Phi) is 6.09. The number of benzene rings is 2. The Labute approximate surface area is 188 Å². The van der Waals surface area contributed by atoms with Crippen molar-refractivity contribution in [2.24, 2.45) is 11.8 Å². The topological polar surface area (TPSA) is 164 Å². The molecule has 0 spiro atoms. The normalized spacial score (nSPS) is 24.0. The molecule has 4 rings (SSSR count). The molecule has 2 aliphatic rings. The Bertz CT molecular complexity index is 1090. The van der Waals surface area contributed by atoms with Gasteiger partial charge in [0.05, 0.1) is 30.0 Å². The van der Waals surface area contributed by atoms with Crippen LogP contribution in [-0.2, 0) is 14.4 Å². The SMILES string of the molecule is COc1ccc(NC2NC(=O)C3C(NC(=O)CC3C(=O)Nc3ccccc3[N+](=O)[O-])N2)cc1. The van der Waals surface area contributed by atoms with Crippen molar-refractivity contribution in [1.29, 1.82) is 0 Å². The number of methoxy groups -OCH3 is 1. The zero-order chi connectivity index (χ0) is 23.5. The molecule has 0 radical (unpaired) electrons. The first kappa shape index (κ1) is 22.0. The van der Waals surface area contributed by atoms with E-state index in [0.29, 0.717) is 11.4 Å². The number of rotatable bonds is 6. The Morgan fingerprint density at radius 2 is 1.85 bits per heavy atom. The van der Waals surface area contributed by atoms with Gasteiger partial charge < -0.3 is 26.0 Å². The van der Waals surface area contributed by atoms with Crippen molar-refractivity contribution < 1.29 is 24.0 Å². The highest BCUT2D eigenvalue weighted by Crippen LogP contribution is 2.30. The largest absolute Gasteiger partial charge is 0.497 e. The van der Waals surface area contributed by atoms with Crippen LogP contribution in [0.3, 0.4) is 0 Å². The first-order valence-corrected chi connectivity index (χ1v) is 10.2. The van der Waals surface area contributed by atoms with Crippen LogP contribution < -0.4 is 31.3 Å². The number of nitro groups is 1. The van der Waals surface area contributed by atoms with Crippen LogP contribution in [0.2, 0.25) is 0 Å². The standard InChI is InChI=1S/C21H22N6O6/c1-33-12-8-6-11(7-9-12)22-21-25-18-17(20(30)26-21)13(10-16(28)24-18)19(29)23-14-4-2-3-5-15(14)27(31)32/h2-9,13,17-18,21-22,25H,10H2,1H3,(H,23,29)(H,24,28)(H,26,30). The van der Waals surface area contributed by atoms with Crippen LogP contribution in [0.1, 0.15) is 6.42 Å². The average Bonchev–Trinajstić information content (AvgIpc) is 2.79. The van der Waals surface area contributed by atoms with Crippen molar-refractivity contribution in [3.05, 3.63) is 58.6 Å². The third-order valence-electron chi connectivity index (χ3n) is 5.55. The van der Waals surface area contributed by atoms with Gasteiger partial charge in [-0.1, -0.05) is 12.1 Å². The average molecular weight is 454 g/mol. The number of piperidine rings is 1. The minimum atomic E-state index is -1.02. The quantitative estimate of drug-likeness (QED) is 0.315. The number of para-hydroxylation sites is 2. The van der Waals surface area contributed by atoms with E-state index in [4.69, 9.17) is 4.74 Å². The molecule has 2 aliphatic heterocycles. The highest BCUT2D eigenvalue weighted by atomic mass is 16.6. The molecule has 5 N–H and O–H groups in total. The molecule has 12 nitrogen and oxygen atoms in total. The van der Waals surface area contributed by atoms with Gasteiger partial charge in [0.25, 0.3) is 5.69 Å². The molecule has 4 atom stereocenters. The van der Waals surface area contributed by atoms with Crippen LogP contribution in [0.4, 0.5) is 17.1 Å².